The van der Waals surface area contributed by atoms with Crippen LogP contribution < -0.4 is 28.5 Å². The first-order valence-corrected chi connectivity index (χ1v) is 6.51. The highest BCUT2D eigenvalue weighted by Crippen LogP contribution is 1.92. The number of carbonyl (C=O) groups excluding carboxylic acids is 1. The van der Waals surface area contributed by atoms with Gasteiger partial charge in [-0.3, -0.25) is 14.8 Å². The maximum absolute atomic E-state index is 10.2. The van der Waals surface area contributed by atoms with Crippen LogP contribution in [0.5, 0.6) is 0 Å². The second-order valence-corrected chi connectivity index (χ2v) is 3.76. The SMILES string of the molecule is NC(N)=O.NCCO.O=C(O)c1cccnc1.O=c1cc[nH]c(=O)[nH]1. The quantitative estimate of drug-likeness (QED) is 0.311. The molecule has 12 heteroatoms. The molecule has 0 spiro atoms. The Balaban J connectivity index is 0. The molecular weight excluding hydrogens is 336 g/mol. The van der Waals surface area contributed by atoms with Crippen molar-refractivity contribution in [1.82, 2.24) is 15.0 Å². The van der Waals surface area contributed by atoms with E-state index in [1.165, 1.54) is 30.7 Å². The van der Waals surface area contributed by atoms with Gasteiger partial charge in [0, 0.05) is 31.2 Å². The highest BCUT2D eigenvalue weighted by molar-refractivity contribution is 5.86. The van der Waals surface area contributed by atoms with Crippen LogP contribution in [0.2, 0.25) is 0 Å². The molecule has 10 N–H and O–H groups in total. The number of primary amides is 2. The van der Waals surface area contributed by atoms with Crippen molar-refractivity contribution in [3.63, 3.8) is 0 Å². The Morgan fingerprint density at radius 2 is 1.76 bits per heavy atom. The molecule has 0 radical (unpaired) electrons. The smallest absolute Gasteiger partial charge is 0.337 e. The topological polar surface area (TPSA) is 231 Å². The van der Waals surface area contributed by atoms with E-state index in [0.717, 1.165) is 0 Å². The van der Waals surface area contributed by atoms with E-state index in [9.17, 15) is 14.4 Å². The standard InChI is InChI=1S/C6H5NO2.C4H4N2O2.C2H7NO.CH4N2O/c8-6(9)5-2-1-3-7-4-5;7-3-1-2-5-4(8)6-3;3-1-2-4;2-1(3)4/h1-4H,(H,8,9);1-2H,(H2,5,6,7,8);4H,1-3H2;(H4,2,3,4). The molecule has 2 aromatic heterocycles. The molecular formula is C13H20N6O6. The summed E-state index contributed by atoms with van der Waals surface area (Å²) < 4.78 is 0. The predicted octanol–water partition coefficient (Wildman–Crippen LogP) is -2.20. The fourth-order valence-corrected chi connectivity index (χ4v) is 0.872. The number of aliphatic hydroxyl groups is 1. The summed E-state index contributed by atoms with van der Waals surface area (Å²) in [6.07, 6.45) is 4.13. The number of aromatic carboxylic acids is 1. The van der Waals surface area contributed by atoms with Gasteiger partial charge in [-0.25, -0.2) is 14.4 Å². The summed E-state index contributed by atoms with van der Waals surface area (Å²) in [5.41, 5.74) is 12.6. The minimum Gasteiger partial charge on any atom is -0.478 e. The number of carbonyl (C=O) groups is 2. The van der Waals surface area contributed by atoms with Crippen LogP contribution >= 0.6 is 0 Å². The number of aromatic nitrogens is 3. The molecule has 0 saturated heterocycles. The Morgan fingerprint density at radius 3 is 2.00 bits per heavy atom. The second kappa shape index (κ2) is 15.4. The van der Waals surface area contributed by atoms with Gasteiger partial charge in [0.1, 0.15) is 0 Å². The van der Waals surface area contributed by atoms with Gasteiger partial charge in [-0.1, -0.05) is 0 Å². The van der Waals surface area contributed by atoms with Crippen LogP contribution in [0.25, 0.3) is 0 Å². The number of urea groups is 1. The number of aliphatic hydroxyl groups excluding tert-OH is 1. The number of hydrogen-bond donors (Lipinski definition) is 7. The van der Waals surface area contributed by atoms with E-state index in [-0.39, 0.29) is 17.7 Å². The number of aromatic amines is 2. The van der Waals surface area contributed by atoms with Crippen LogP contribution in [0.15, 0.2) is 46.4 Å². The van der Waals surface area contributed by atoms with Gasteiger partial charge in [0.15, 0.2) is 0 Å². The average Bonchev–Trinajstić information content (AvgIpc) is 2.56. The molecule has 0 saturated carbocycles. The number of amides is 2. The molecule has 0 unspecified atom stereocenters. The minimum absolute atomic E-state index is 0.0972. The van der Waals surface area contributed by atoms with Crippen LogP contribution in [0, 0.1) is 0 Å². The van der Waals surface area contributed by atoms with Crippen molar-refractivity contribution in [2.45, 2.75) is 0 Å². The Hall–Kier alpha value is -3.51. The second-order valence-electron chi connectivity index (χ2n) is 3.76. The Labute approximate surface area is 141 Å². The molecule has 12 nitrogen and oxygen atoms in total. The number of nitrogens with two attached hydrogens (primary N) is 3. The summed E-state index contributed by atoms with van der Waals surface area (Å²) >= 11 is 0. The van der Waals surface area contributed by atoms with Crippen molar-refractivity contribution in [1.29, 1.82) is 0 Å². The summed E-state index contributed by atoms with van der Waals surface area (Å²) in [5.74, 6) is -0.942. The highest BCUT2D eigenvalue weighted by Gasteiger charge is 1.97. The van der Waals surface area contributed by atoms with Crippen LogP contribution in [0.1, 0.15) is 10.4 Å². The van der Waals surface area contributed by atoms with Gasteiger partial charge >= 0.3 is 17.7 Å². The summed E-state index contributed by atoms with van der Waals surface area (Å²) in [4.78, 5) is 47.4. The third-order valence-electron chi connectivity index (χ3n) is 1.72. The van der Waals surface area contributed by atoms with E-state index < -0.39 is 17.7 Å². The number of H-pyrrole nitrogens is 2. The van der Waals surface area contributed by atoms with Gasteiger partial charge < -0.3 is 32.4 Å². The van der Waals surface area contributed by atoms with E-state index >= 15 is 0 Å². The third-order valence-corrected chi connectivity index (χ3v) is 1.72. The molecule has 2 heterocycles. The molecule has 0 aliphatic rings. The largest absolute Gasteiger partial charge is 0.478 e. The van der Waals surface area contributed by atoms with Crippen molar-refractivity contribution in [3.05, 3.63) is 63.2 Å². The summed E-state index contributed by atoms with van der Waals surface area (Å²) in [6.45, 7) is 0.472. The van der Waals surface area contributed by atoms with E-state index in [4.69, 9.17) is 20.7 Å². The van der Waals surface area contributed by atoms with Crippen LogP contribution in [0.4, 0.5) is 4.79 Å². The summed E-state index contributed by atoms with van der Waals surface area (Å²) in [6, 6.07) is 3.49. The number of hydrogen-bond acceptors (Lipinski definition) is 7. The molecule has 25 heavy (non-hydrogen) atoms. The summed E-state index contributed by atoms with van der Waals surface area (Å²) in [5, 5.41) is 16.1. The van der Waals surface area contributed by atoms with Gasteiger partial charge in [-0.15, -0.1) is 0 Å². The fraction of sp³-hybridized carbons (Fsp3) is 0.154. The van der Waals surface area contributed by atoms with Gasteiger partial charge in [-0.2, -0.15) is 0 Å². The Bertz CT molecular complexity index is 683. The van der Waals surface area contributed by atoms with Gasteiger partial charge in [0.05, 0.1) is 12.2 Å². The number of pyridine rings is 1. The lowest BCUT2D eigenvalue weighted by atomic mass is 10.3. The molecule has 0 atom stereocenters. The first-order chi connectivity index (χ1) is 11.7. The lowest BCUT2D eigenvalue weighted by Gasteiger charge is -1.87. The van der Waals surface area contributed by atoms with Crippen molar-refractivity contribution < 1.29 is 19.8 Å². The van der Waals surface area contributed by atoms with Crippen molar-refractivity contribution in [2.75, 3.05) is 13.2 Å². The van der Waals surface area contributed by atoms with Crippen LogP contribution in [0.3, 0.4) is 0 Å². The van der Waals surface area contributed by atoms with E-state index in [2.05, 4.69) is 21.4 Å². The zero-order chi connectivity index (χ0) is 19.7. The number of carboxylic acids is 1. The Kier molecular flexibility index (Phi) is 14.6. The molecule has 2 amide bonds. The van der Waals surface area contributed by atoms with Crippen molar-refractivity contribution in [3.8, 4) is 0 Å². The molecule has 0 bridgehead atoms. The zero-order valence-electron chi connectivity index (χ0n) is 13.1. The molecule has 138 valence electrons. The number of carboxylic acid groups (broad SMARTS) is 1. The van der Waals surface area contributed by atoms with Gasteiger partial charge in [0.2, 0.25) is 0 Å². The summed E-state index contributed by atoms with van der Waals surface area (Å²) in [7, 11) is 0. The molecule has 0 fully saturated rings. The molecule has 0 aromatic carbocycles. The van der Waals surface area contributed by atoms with Crippen molar-refractivity contribution in [2.24, 2.45) is 17.2 Å². The first-order valence-electron chi connectivity index (χ1n) is 6.51. The number of nitrogens with zero attached hydrogens (tertiary/aromatic N) is 1. The lowest BCUT2D eigenvalue weighted by Crippen LogP contribution is -2.19. The highest BCUT2D eigenvalue weighted by atomic mass is 16.4. The number of nitrogens with one attached hydrogen (secondary N) is 2. The van der Waals surface area contributed by atoms with E-state index in [0.29, 0.717) is 6.54 Å². The molecule has 0 aliphatic heterocycles. The maximum atomic E-state index is 10.2. The fourth-order valence-electron chi connectivity index (χ4n) is 0.872. The minimum atomic E-state index is -0.942. The first kappa shape index (κ1) is 23.8. The maximum Gasteiger partial charge on any atom is 0.337 e. The molecule has 2 rings (SSSR count). The lowest BCUT2D eigenvalue weighted by molar-refractivity contribution is 0.0696. The zero-order valence-corrected chi connectivity index (χ0v) is 13.1. The van der Waals surface area contributed by atoms with E-state index in [1.807, 2.05) is 4.98 Å². The normalized spacial score (nSPS) is 8.24. The monoisotopic (exact) mass is 356 g/mol. The molecule has 2 aromatic rings. The van der Waals surface area contributed by atoms with Crippen LogP contribution in [-0.2, 0) is 0 Å². The molecule has 0 aliphatic carbocycles. The average molecular weight is 356 g/mol. The Morgan fingerprint density at radius 1 is 1.20 bits per heavy atom. The van der Waals surface area contributed by atoms with Crippen molar-refractivity contribution >= 4 is 12.0 Å². The third kappa shape index (κ3) is 18.4. The van der Waals surface area contributed by atoms with E-state index in [1.54, 1.807) is 6.07 Å². The predicted molar refractivity (Wildman–Crippen MR) is 88.8 cm³/mol. The van der Waals surface area contributed by atoms with Gasteiger partial charge in [-0.05, 0) is 12.1 Å². The van der Waals surface area contributed by atoms with Crippen LogP contribution in [-0.4, -0.2) is 50.3 Å². The number of rotatable bonds is 2. The van der Waals surface area contributed by atoms with Gasteiger partial charge in [0.25, 0.3) is 5.56 Å².